The number of hydrogen-bond donors (Lipinski definition) is 1. The fraction of sp³-hybridized carbons (Fsp3) is 0.385. The van der Waals surface area contributed by atoms with Gasteiger partial charge in [0.05, 0.1) is 10.9 Å². The minimum absolute atomic E-state index is 0.0609. The van der Waals surface area contributed by atoms with Crippen LogP contribution < -0.4 is 11.2 Å². The highest BCUT2D eigenvalue weighted by molar-refractivity contribution is 6.31. The Morgan fingerprint density at radius 3 is 2.56 bits per heavy atom. The zero-order valence-electron chi connectivity index (χ0n) is 10.6. The van der Waals surface area contributed by atoms with E-state index in [4.69, 9.17) is 11.6 Å². The van der Waals surface area contributed by atoms with Crippen molar-refractivity contribution in [2.75, 3.05) is 0 Å². The molecule has 5 heteroatoms. The number of fused-ring (bicyclic) bond motifs is 1. The topological polar surface area (TPSA) is 54.9 Å². The van der Waals surface area contributed by atoms with Crippen LogP contribution in [-0.4, -0.2) is 9.55 Å². The number of hydrogen-bond acceptors (Lipinski definition) is 2. The molecule has 4 nitrogen and oxygen atoms in total. The van der Waals surface area contributed by atoms with E-state index in [2.05, 4.69) is 4.98 Å². The van der Waals surface area contributed by atoms with Crippen LogP contribution in [0.3, 0.4) is 0 Å². The number of rotatable bonds is 1. The molecule has 0 aliphatic rings. The minimum atomic E-state index is -0.400. The molecular formula is C13H15ClN2O2. The van der Waals surface area contributed by atoms with Gasteiger partial charge in [-0.3, -0.25) is 14.3 Å². The van der Waals surface area contributed by atoms with E-state index in [9.17, 15) is 9.59 Å². The Morgan fingerprint density at radius 1 is 1.28 bits per heavy atom. The summed E-state index contributed by atoms with van der Waals surface area (Å²) in [5.74, 6) is 0. The van der Waals surface area contributed by atoms with E-state index in [-0.39, 0.29) is 11.1 Å². The Balaban J connectivity index is 2.81. The molecule has 0 radical (unpaired) electrons. The summed E-state index contributed by atoms with van der Waals surface area (Å²) in [7, 11) is 0. The molecule has 2 rings (SSSR count). The lowest BCUT2D eigenvalue weighted by atomic mass is 9.96. The second-order valence-corrected chi connectivity index (χ2v) is 6.00. The summed E-state index contributed by atoms with van der Waals surface area (Å²) in [4.78, 5) is 26.0. The average molecular weight is 267 g/mol. The van der Waals surface area contributed by atoms with Crippen molar-refractivity contribution in [3.63, 3.8) is 0 Å². The molecule has 0 aliphatic heterocycles. The quantitative estimate of drug-likeness (QED) is 0.862. The lowest BCUT2D eigenvalue weighted by Gasteiger charge is -2.20. The van der Waals surface area contributed by atoms with Gasteiger partial charge in [-0.15, -0.1) is 0 Å². The van der Waals surface area contributed by atoms with Crippen molar-refractivity contribution in [2.24, 2.45) is 5.41 Å². The predicted octanol–water partition coefficient (Wildman–Crippen LogP) is 2.39. The van der Waals surface area contributed by atoms with E-state index in [1.54, 1.807) is 22.8 Å². The van der Waals surface area contributed by atoms with Gasteiger partial charge in [-0.1, -0.05) is 32.4 Å². The van der Waals surface area contributed by atoms with Gasteiger partial charge in [-0.2, -0.15) is 0 Å². The summed E-state index contributed by atoms with van der Waals surface area (Å²) < 4.78 is 1.58. The van der Waals surface area contributed by atoms with E-state index in [0.29, 0.717) is 22.5 Å². The monoisotopic (exact) mass is 266 g/mol. The van der Waals surface area contributed by atoms with Gasteiger partial charge in [-0.05, 0) is 23.6 Å². The largest absolute Gasteiger partial charge is 0.328 e. The van der Waals surface area contributed by atoms with Crippen molar-refractivity contribution in [1.82, 2.24) is 9.55 Å². The van der Waals surface area contributed by atoms with E-state index < -0.39 is 5.56 Å². The normalized spacial score (nSPS) is 12.0. The van der Waals surface area contributed by atoms with Crippen LogP contribution in [0.15, 0.2) is 27.8 Å². The van der Waals surface area contributed by atoms with Crippen LogP contribution >= 0.6 is 11.6 Å². The third-order valence-electron chi connectivity index (χ3n) is 2.59. The Hall–Kier alpha value is -1.55. The first-order valence-electron chi connectivity index (χ1n) is 5.70. The van der Waals surface area contributed by atoms with Crippen LogP contribution in [0.25, 0.3) is 10.9 Å². The molecule has 0 spiro atoms. The summed E-state index contributed by atoms with van der Waals surface area (Å²) in [5.41, 5.74) is -0.232. The molecule has 1 heterocycles. The highest BCUT2D eigenvalue weighted by atomic mass is 35.5. The van der Waals surface area contributed by atoms with Gasteiger partial charge in [0.2, 0.25) is 0 Å². The molecule has 1 N–H and O–H groups in total. The Labute approximate surface area is 109 Å². The van der Waals surface area contributed by atoms with Crippen LogP contribution in [0.4, 0.5) is 0 Å². The fourth-order valence-corrected chi connectivity index (χ4v) is 2.07. The lowest BCUT2D eigenvalue weighted by Crippen LogP contribution is -2.33. The lowest BCUT2D eigenvalue weighted by molar-refractivity contribution is 0.341. The molecular weight excluding hydrogens is 252 g/mol. The zero-order valence-corrected chi connectivity index (χ0v) is 11.3. The molecule has 2 aromatic rings. The van der Waals surface area contributed by atoms with Gasteiger partial charge in [0.15, 0.2) is 0 Å². The first-order valence-corrected chi connectivity index (χ1v) is 6.08. The summed E-state index contributed by atoms with van der Waals surface area (Å²) in [5, 5.41) is 0.917. The molecule has 0 unspecified atom stereocenters. The maximum Gasteiger partial charge on any atom is 0.328 e. The molecule has 0 saturated heterocycles. The number of nitrogens with zero attached hydrogens (tertiary/aromatic N) is 1. The zero-order chi connectivity index (χ0) is 13.5. The second kappa shape index (κ2) is 4.28. The molecule has 0 atom stereocenters. The van der Waals surface area contributed by atoms with Crippen molar-refractivity contribution < 1.29 is 0 Å². The standard InChI is InChI=1S/C13H15ClN2O2/c1-13(2,3)7-16-10-5-4-8(14)6-9(10)11(17)15-12(16)18/h4-6H,7H2,1-3H3,(H,15,17,18). The van der Waals surface area contributed by atoms with Crippen LogP contribution in [0.2, 0.25) is 5.02 Å². The molecule has 0 aliphatic carbocycles. The molecule has 0 saturated carbocycles. The summed E-state index contributed by atoms with van der Waals surface area (Å²) in [6.07, 6.45) is 0. The molecule has 96 valence electrons. The predicted molar refractivity (Wildman–Crippen MR) is 73.3 cm³/mol. The first kappa shape index (κ1) is 12.9. The number of aromatic amines is 1. The van der Waals surface area contributed by atoms with Crippen LogP contribution in [0.1, 0.15) is 20.8 Å². The summed E-state index contributed by atoms with van der Waals surface area (Å²) in [6.45, 7) is 6.63. The van der Waals surface area contributed by atoms with E-state index >= 15 is 0 Å². The number of H-pyrrole nitrogens is 1. The van der Waals surface area contributed by atoms with Crippen LogP contribution in [0.5, 0.6) is 0 Å². The highest BCUT2D eigenvalue weighted by Crippen LogP contribution is 2.19. The van der Waals surface area contributed by atoms with Gasteiger partial charge in [0, 0.05) is 11.6 Å². The van der Waals surface area contributed by atoms with Gasteiger partial charge >= 0.3 is 5.69 Å². The van der Waals surface area contributed by atoms with Crippen LogP contribution in [-0.2, 0) is 6.54 Å². The average Bonchev–Trinajstić information content (AvgIpc) is 2.23. The van der Waals surface area contributed by atoms with Gasteiger partial charge in [0.25, 0.3) is 5.56 Å². The molecule has 0 amide bonds. The second-order valence-electron chi connectivity index (χ2n) is 5.57. The maximum atomic E-state index is 11.9. The van der Waals surface area contributed by atoms with Crippen molar-refractivity contribution in [3.8, 4) is 0 Å². The molecule has 0 bridgehead atoms. The minimum Gasteiger partial charge on any atom is -0.293 e. The summed E-state index contributed by atoms with van der Waals surface area (Å²) in [6, 6.07) is 4.97. The van der Waals surface area contributed by atoms with Crippen molar-refractivity contribution in [2.45, 2.75) is 27.3 Å². The third-order valence-corrected chi connectivity index (χ3v) is 2.83. The Bertz CT molecular complexity index is 707. The number of benzene rings is 1. The van der Waals surface area contributed by atoms with Crippen molar-refractivity contribution in [3.05, 3.63) is 44.1 Å². The SMILES string of the molecule is CC(C)(C)Cn1c(=O)[nH]c(=O)c2cc(Cl)ccc21. The number of nitrogens with one attached hydrogen (secondary N) is 1. The van der Waals surface area contributed by atoms with E-state index in [1.165, 1.54) is 0 Å². The fourth-order valence-electron chi connectivity index (χ4n) is 1.90. The third kappa shape index (κ3) is 2.48. The molecule has 1 aromatic heterocycles. The number of halogens is 1. The molecule has 1 aromatic carbocycles. The van der Waals surface area contributed by atoms with E-state index in [1.807, 2.05) is 20.8 Å². The van der Waals surface area contributed by atoms with Gasteiger partial charge in [0.1, 0.15) is 0 Å². The maximum absolute atomic E-state index is 11.9. The smallest absolute Gasteiger partial charge is 0.293 e. The first-order chi connectivity index (χ1) is 8.28. The van der Waals surface area contributed by atoms with Crippen LogP contribution in [0, 0.1) is 5.41 Å². The number of aromatic nitrogens is 2. The van der Waals surface area contributed by atoms with E-state index in [0.717, 1.165) is 0 Å². The van der Waals surface area contributed by atoms with Gasteiger partial charge in [-0.25, -0.2) is 4.79 Å². The Morgan fingerprint density at radius 2 is 1.94 bits per heavy atom. The highest BCUT2D eigenvalue weighted by Gasteiger charge is 2.15. The summed E-state index contributed by atoms with van der Waals surface area (Å²) >= 11 is 5.88. The van der Waals surface area contributed by atoms with Crippen molar-refractivity contribution in [1.29, 1.82) is 0 Å². The Kier molecular flexibility index (Phi) is 3.07. The van der Waals surface area contributed by atoms with Gasteiger partial charge < -0.3 is 0 Å². The molecule has 0 fully saturated rings. The molecule has 18 heavy (non-hydrogen) atoms. The van der Waals surface area contributed by atoms with Crippen molar-refractivity contribution >= 4 is 22.5 Å².